The van der Waals surface area contributed by atoms with Crippen molar-refractivity contribution in [2.24, 2.45) is 0 Å². The Bertz CT molecular complexity index is 469. The van der Waals surface area contributed by atoms with Crippen LogP contribution in [-0.4, -0.2) is 43.5 Å². The average molecular weight is 278 g/mol. The molecule has 4 N–H and O–H groups in total. The minimum absolute atomic E-state index is 0.00583. The lowest BCUT2D eigenvalue weighted by molar-refractivity contribution is 0.0956. The van der Waals surface area contributed by atoms with E-state index >= 15 is 0 Å². The fourth-order valence-corrected chi connectivity index (χ4v) is 1.58. The Morgan fingerprint density at radius 3 is 2.55 bits per heavy atom. The van der Waals surface area contributed by atoms with Gasteiger partial charge in [0.1, 0.15) is 0 Å². The van der Waals surface area contributed by atoms with Crippen molar-refractivity contribution < 1.29 is 4.79 Å². The third-order valence-electron chi connectivity index (χ3n) is 3.57. The summed E-state index contributed by atoms with van der Waals surface area (Å²) in [5.74, 6) is -0.0811. The number of nitrogens with one attached hydrogen (secondary N) is 2. The van der Waals surface area contributed by atoms with E-state index in [0.717, 1.165) is 12.2 Å². The summed E-state index contributed by atoms with van der Waals surface area (Å²) in [5, 5.41) is 6.11. The molecular formula is C15H26N4O. The van der Waals surface area contributed by atoms with Crippen LogP contribution >= 0.6 is 0 Å². The van der Waals surface area contributed by atoms with Crippen LogP contribution in [0.3, 0.4) is 0 Å². The lowest BCUT2D eigenvalue weighted by Gasteiger charge is -2.33. The number of nitrogens with zero attached hydrogens (tertiary/aromatic N) is 1. The second kappa shape index (κ2) is 6.61. The zero-order chi connectivity index (χ0) is 15.3. The van der Waals surface area contributed by atoms with Crippen molar-refractivity contribution in [1.82, 2.24) is 10.2 Å². The molecule has 112 valence electrons. The zero-order valence-corrected chi connectivity index (χ0v) is 13.1. The maximum absolute atomic E-state index is 11.8. The van der Waals surface area contributed by atoms with Gasteiger partial charge in [-0.2, -0.15) is 0 Å². The highest BCUT2D eigenvalue weighted by Gasteiger charge is 2.20. The summed E-state index contributed by atoms with van der Waals surface area (Å²) in [4.78, 5) is 14.0. The standard InChI is InChI=1S/C15H26N4O/c1-6-17-14(20)11-7-8-12(16)13(9-11)18-10-15(2,3)19(4)5/h7-9,18H,6,10,16H2,1-5H3,(H,17,20). The molecule has 0 unspecified atom stereocenters. The molecule has 0 radical (unpaired) electrons. The van der Waals surface area contributed by atoms with E-state index in [2.05, 4.69) is 29.4 Å². The van der Waals surface area contributed by atoms with E-state index in [-0.39, 0.29) is 11.4 Å². The lowest BCUT2D eigenvalue weighted by Crippen LogP contribution is -2.44. The topological polar surface area (TPSA) is 70.4 Å². The van der Waals surface area contributed by atoms with E-state index in [4.69, 9.17) is 5.73 Å². The van der Waals surface area contributed by atoms with Gasteiger partial charge in [-0.15, -0.1) is 0 Å². The van der Waals surface area contributed by atoms with Gasteiger partial charge in [0.2, 0.25) is 0 Å². The Morgan fingerprint density at radius 1 is 1.35 bits per heavy atom. The molecule has 20 heavy (non-hydrogen) atoms. The second-order valence-electron chi connectivity index (χ2n) is 5.72. The molecule has 0 atom stereocenters. The van der Waals surface area contributed by atoms with Crippen LogP contribution in [-0.2, 0) is 0 Å². The summed E-state index contributed by atoms with van der Waals surface area (Å²) in [6.07, 6.45) is 0. The molecule has 0 heterocycles. The second-order valence-corrected chi connectivity index (χ2v) is 5.72. The maximum atomic E-state index is 11.8. The third kappa shape index (κ3) is 4.13. The number of likely N-dealkylation sites (N-methyl/N-ethyl adjacent to an activating group) is 1. The van der Waals surface area contributed by atoms with Gasteiger partial charge in [-0.3, -0.25) is 4.79 Å². The van der Waals surface area contributed by atoms with Crippen molar-refractivity contribution in [2.75, 3.05) is 38.2 Å². The molecule has 0 saturated carbocycles. The molecule has 0 bridgehead atoms. The molecule has 1 aromatic rings. The van der Waals surface area contributed by atoms with Gasteiger partial charge in [-0.25, -0.2) is 0 Å². The summed E-state index contributed by atoms with van der Waals surface area (Å²) in [6, 6.07) is 5.30. The molecule has 1 aromatic carbocycles. The summed E-state index contributed by atoms with van der Waals surface area (Å²) in [6.45, 7) is 7.53. The lowest BCUT2D eigenvalue weighted by atomic mass is 10.0. The number of nitrogens with two attached hydrogens (primary N) is 1. The molecule has 0 aliphatic carbocycles. The van der Waals surface area contributed by atoms with Crippen LogP contribution in [0.25, 0.3) is 0 Å². The molecule has 0 aliphatic heterocycles. The Labute approximate surface area is 121 Å². The Morgan fingerprint density at radius 2 is 2.00 bits per heavy atom. The van der Waals surface area contributed by atoms with Crippen LogP contribution in [0.1, 0.15) is 31.1 Å². The van der Waals surface area contributed by atoms with Crippen LogP contribution in [0.5, 0.6) is 0 Å². The van der Waals surface area contributed by atoms with Gasteiger partial charge in [-0.05, 0) is 53.1 Å². The minimum Gasteiger partial charge on any atom is -0.397 e. The first-order chi connectivity index (χ1) is 9.27. The monoisotopic (exact) mass is 278 g/mol. The van der Waals surface area contributed by atoms with Gasteiger partial charge < -0.3 is 21.3 Å². The van der Waals surface area contributed by atoms with Gasteiger partial charge >= 0.3 is 0 Å². The Hall–Kier alpha value is -1.75. The summed E-state index contributed by atoms with van der Waals surface area (Å²) < 4.78 is 0. The van der Waals surface area contributed by atoms with Gasteiger partial charge in [0, 0.05) is 24.2 Å². The molecule has 5 heteroatoms. The van der Waals surface area contributed by atoms with Crippen molar-refractivity contribution in [1.29, 1.82) is 0 Å². The van der Waals surface area contributed by atoms with E-state index in [1.807, 2.05) is 21.0 Å². The van der Waals surface area contributed by atoms with Crippen molar-refractivity contribution in [3.63, 3.8) is 0 Å². The number of carbonyl (C=O) groups is 1. The summed E-state index contributed by atoms with van der Waals surface area (Å²) >= 11 is 0. The van der Waals surface area contributed by atoms with Crippen LogP contribution in [0, 0.1) is 0 Å². The van der Waals surface area contributed by atoms with Gasteiger partial charge in [-0.1, -0.05) is 0 Å². The Balaban J connectivity index is 2.85. The van der Waals surface area contributed by atoms with Crippen molar-refractivity contribution in [2.45, 2.75) is 26.3 Å². The van der Waals surface area contributed by atoms with Crippen LogP contribution in [0.15, 0.2) is 18.2 Å². The largest absolute Gasteiger partial charge is 0.397 e. The SMILES string of the molecule is CCNC(=O)c1ccc(N)c(NCC(C)(C)N(C)C)c1. The van der Waals surface area contributed by atoms with E-state index in [0.29, 0.717) is 17.8 Å². The molecule has 0 fully saturated rings. The van der Waals surface area contributed by atoms with E-state index in [1.165, 1.54) is 0 Å². The third-order valence-corrected chi connectivity index (χ3v) is 3.57. The van der Waals surface area contributed by atoms with Crippen LogP contribution < -0.4 is 16.4 Å². The number of hydrogen-bond acceptors (Lipinski definition) is 4. The number of benzene rings is 1. The van der Waals surface area contributed by atoms with Crippen LogP contribution in [0.4, 0.5) is 11.4 Å². The number of anilines is 2. The molecule has 1 rings (SSSR count). The maximum Gasteiger partial charge on any atom is 0.251 e. The molecule has 0 spiro atoms. The van der Waals surface area contributed by atoms with E-state index in [1.54, 1.807) is 18.2 Å². The quantitative estimate of drug-likeness (QED) is 0.694. The number of carbonyl (C=O) groups excluding carboxylic acids is 1. The number of hydrogen-bond donors (Lipinski definition) is 3. The summed E-state index contributed by atoms with van der Waals surface area (Å²) in [7, 11) is 4.08. The highest BCUT2D eigenvalue weighted by Crippen LogP contribution is 2.21. The fourth-order valence-electron chi connectivity index (χ4n) is 1.58. The number of nitrogen functional groups attached to an aromatic ring is 1. The van der Waals surface area contributed by atoms with Crippen LogP contribution in [0.2, 0.25) is 0 Å². The normalized spacial score (nSPS) is 11.5. The fraction of sp³-hybridized carbons (Fsp3) is 0.533. The van der Waals surface area contributed by atoms with Crippen molar-refractivity contribution in [3.05, 3.63) is 23.8 Å². The predicted octanol–water partition coefficient (Wildman–Crippen LogP) is 1.77. The first kappa shape index (κ1) is 16.3. The molecule has 0 aromatic heterocycles. The van der Waals surface area contributed by atoms with E-state index in [9.17, 15) is 4.79 Å². The highest BCUT2D eigenvalue weighted by molar-refractivity contribution is 5.96. The number of amides is 1. The van der Waals surface area contributed by atoms with Gasteiger partial charge in [0.15, 0.2) is 0 Å². The minimum atomic E-state index is -0.0811. The van der Waals surface area contributed by atoms with Gasteiger partial charge in [0.05, 0.1) is 11.4 Å². The molecule has 5 nitrogen and oxygen atoms in total. The first-order valence-electron chi connectivity index (χ1n) is 6.87. The Kier molecular flexibility index (Phi) is 5.39. The highest BCUT2D eigenvalue weighted by atomic mass is 16.1. The van der Waals surface area contributed by atoms with Crippen molar-refractivity contribution in [3.8, 4) is 0 Å². The number of rotatable bonds is 6. The molecule has 0 saturated heterocycles. The smallest absolute Gasteiger partial charge is 0.251 e. The van der Waals surface area contributed by atoms with Gasteiger partial charge in [0.25, 0.3) is 5.91 Å². The molecule has 0 aliphatic rings. The van der Waals surface area contributed by atoms with E-state index < -0.39 is 0 Å². The molecular weight excluding hydrogens is 252 g/mol. The average Bonchev–Trinajstić information content (AvgIpc) is 2.37. The zero-order valence-electron chi connectivity index (χ0n) is 13.1. The summed E-state index contributed by atoms with van der Waals surface area (Å²) in [5.41, 5.74) is 8.01. The molecule has 1 amide bonds. The van der Waals surface area contributed by atoms with Crippen molar-refractivity contribution >= 4 is 17.3 Å². The first-order valence-corrected chi connectivity index (χ1v) is 6.87. The predicted molar refractivity (Wildman–Crippen MR) is 85.1 cm³/mol.